The summed E-state index contributed by atoms with van der Waals surface area (Å²) in [6, 6.07) is 14.5. The minimum Gasteiger partial charge on any atom is -0.351 e. The van der Waals surface area contributed by atoms with Crippen molar-refractivity contribution in [3.05, 3.63) is 71.0 Å². The third-order valence-corrected chi connectivity index (χ3v) is 4.63. The van der Waals surface area contributed by atoms with Crippen molar-refractivity contribution in [3.8, 4) is 0 Å². The van der Waals surface area contributed by atoms with Gasteiger partial charge in [0.2, 0.25) is 5.91 Å². The molecule has 1 amide bonds. The number of carbonyl (C=O) groups is 1. The molecule has 1 aliphatic carbocycles. The van der Waals surface area contributed by atoms with Crippen molar-refractivity contribution >= 4 is 5.91 Å². The minimum absolute atomic E-state index is 0.0359. The summed E-state index contributed by atoms with van der Waals surface area (Å²) in [5.74, 6) is -0.235. The van der Waals surface area contributed by atoms with E-state index in [1.54, 1.807) is 12.1 Å². The Bertz CT molecular complexity index is 721. The molecule has 0 unspecified atom stereocenters. The van der Waals surface area contributed by atoms with E-state index >= 15 is 0 Å². The van der Waals surface area contributed by atoms with Gasteiger partial charge in [0, 0.05) is 13.1 Å². The third kappa shape index (κ3) is 3.49. The number of hydrogen-bond donors (Lipinski definition) is 1. The smallest absolute Gasteiger partial charge is 0.230 e. The number of halogens is 1. The van der Waals surface area contributed by atoms with Gasteiger partial charge < -0.3 is 10.2 Å². The summed E-state index contributed by atoms with van der Waals surface area (Å²) in [5, 5.41) is 3.08. The Morgan fingerprint density at radius 2 is 1.71 bits per heavy atom. The van der Waals surface area contributed by atoms with E-state index in [-0.39, 0.29) is 11.7 Å². The average molecular weight is 326 g/mol. The SMILES string of the molecule is CN(C)Cc1ccccc1CNC(=O)C1(c2ccc(F)cc2)CC1. The molecular formula is C20H23FN2O. The predicted molar refractivity (Wildman–Crippen MR) is 93.0 cm³/mol. The maximum Gasteiger partial charge on any atom is 0.230 e. The molecule has 2 aromatic carbocycles. The Labute approximate surface area is 142 Å². The lowest BCUT2D eigenvalue weighted by atomic mass is 9.94. The van der Waals surface area contributed by atoms with Crippen molar-refractivity contribution < 1.29 is 9.18 Å². The number of amides is 1. The fourth-order valence-electron chi connectivity index (χ4n) is 3.11. The van der Waals surface area contributed by atoms with Crippen LogP contribution in [0.2, 0.25) is 0 Å². The number of nitrogens with one attached hydrogen (secondary N) is 1. The van der Waals surface area contributed by atoms with Crippen molar-refractivity contribution in [3.63, 3.8) is 0 Å². The second-order valence-electron chi connectivity index (χ2n) is 6.78. The van der Waals surface area contributed by atoms with Gasteiger partial charge >= 0.3 is 0 Å². The van der Waals surface area contributed by atoms with Crippen molar-refractivity contribution in [2.45, 2.75) is 31.3 Å². The molecule has 3 nitrogen and oxygen atoms in total. The standard InChI is InChI=1S/C20H23FN2O/c1-23(2)14-16-6-4-3-5-15(16)13-22-19(24)20(11-12-20)17-7-9-18(21)10-8-17/h3-10H,11-14H2,1-2H3,(H,22,24). The van der Waals surface area contributed by atoms with E-state index in [0.717, 1.165) is 30.5 Å². The van der Waals surface area contributed by atoms with Crippen LogP contribution in [-0.4, -0.2) is 24.9 Å². The Hall–Kier alpha value is -2.20. The highest BCUT2D eigenvalue weighted by Gasteiger charge is 2.51. The summed E-state index contributed by atoms with van der Waals surface area (Å²) in [5.41, 5.74) is 2.79. The molecule has 0 spiro atoms. The first-order valence-corrected chi connectivity index (χ1v) is 8.27. The number of rotatable bonds is 6. The van der Waals surface area contributed by atoms with Crippen LogP contribution in [0.1, 0.15) is 29.5 Å². The van der Waals surface area contributed by atoms with E-state index in [0.29, 0.717) is 6.54 Å². The number of hydrogen-bond acceptors (Lipinski definition) is 2. The summed E-state index contributed by atoms with van der Waals surface area (Å²) in [4.78, 5) is 14.8. The zero-order chi connectivity index (χ0) is 17.2. The van der Waals surface area contributed by atoms with E-state index in [2.05, 4.69) is 22.3 Å². The molecule has 1 fully saturated rings. The molecule has 3 rings (SSSR count). The van der Waals surface area contributed by atoms with Crippen LogP contribution >= 0.6 is 0 Å². The topological polar surface area (TPSA) is 32.3 Å². The van der Waals surface area contributed by atoms with Crippen LogP contribution in [-0.2, 0) is 23.3 Å². The predicted octanol–water partition coefficient (Wildman–Crippen LogP) is 3.24. The summed E-state index contributed by atoms with van der Waals surface area (Å²) < 4.78 is 13.1. The Kier molecular flexibility index (Phi) is 4.67. The van der Waals surface area contributed by atoms with Crippen molar-refractivity contribution in [2.75, 3.05) is 14.1 Å². The molecule has 0 bridgehead atoms. The van der Waals surface area contributed by atoms with Gasteiger partial charge in [-0.25, -0.2) is 4.39 Å². The molecule has 1 N–H and O–H groups in total. The normalized spacial score (nSPS) is 15.3. The van der Waals surface area contributed by atoms with Crippen LogP contribution in [0.4, 0.5) is 4.39 Å². The molecule has 1 saturated carbocycles. The fraction of sp³-hybridized carbons (Fsp3) is 0.350. The van der Waals surface area contributed by atoms with Crippen LogP contribution in [0.5, 0.6) is 0 Å². The van der Waals surface area contributed by atoms with E-state index in [1.807, 2.05) is 26.2 Å². The molecule has 4 heteroatoms. The van der Waals surface area contributed by atoms with Crippen LogP contribution in [0, 0.1) is 5.82 Å². The van der Waals surface area contributed by atoms with Gasteiger partial charge in [-0.3, -0.25) is 4.79 Å². The van der Waals surface area contributed by atoms with Crippen molar-refractivity contribution in [1.82, 2.24) is 10.2 Å². The molecule has 2 aromatic rings. The molecular weight excluding hydrogens is 303 g/mol. The Morgan fingerprint density at radius 3 is 2.29 bits per heavy atom. The lowest BCUT2D eigenvalue weighted by Crippen LogP contribution is -2.34. The van der Waals surface area contributed by atoms with Gasteiger partial charge in [0.15, 0.2) is 0 Å². The van der Waals surface area contributed by atoms with Crippen molar-refractivity contribution in [2.24, 2.45) is 0 Å². The maximum absolute atomic E-state index is 13.1. The zero-order valence-electron chi connectivity index (χ0n) is 14.2. The Balaban J connectivity index is 1.69. The first-order chi connectivity index (χ1) is 11.5. The molecule has 0 saturated heterocycles. The molecule has 0 radical (unpaired) electrons. The first kappa shape index (κ1) is 16.7. The van der Waals surface area contributed by atoms with Crippen LogP contribution in [0.3, 0.4) is 0 Å². The van der Waals surface area contributed by atoms with Crippen molar-refractivity contribution in [1.29, 1.82) is 0 Å². The quantitative estimate of drug-likeness (QED) is 0.884. The third-order valence-electron chi connectivity index (χ3n) is 4.63. The summed E-state index contributed by atoms with van der Waals surface area (Å²) in [6.45, 7) is 1.36. The highest BCUT2D eigenvalue weighted by Crippen LogP contribution is 2.48. The molecule has 0 atom stereocenters. The minimum atomic E-state index is -0.468. The zero-order valence-corrected chi connectivity index (χ0v) is 14.2. The number of benzene rings is 2. The summed E-state index contributed by atoms with van der Waals surface area (Å²) in [7, 11) is 4.06. The number of nitrogens with zero attached hydrogens (tertiary/aromatic N) is 1. The average Bonchev–Trinajstić information content (AvgIpc) is 3.36. The van der Waals surface area contributed by atoms with Gasteiger partial charge in [0.1, 0.15) is 5.82 Å². The lowest BCUT2D eigenvalue weighted by molar-refractivity contribution is -0.123. The van der Waals surface area contributed by atoms with Gasteiger partial charge in [0.25, 0.3) is 0 Å². The van der Waals surface area contributed by atoms with Gasteiger partial charge in [-0.05, 0) is 55.8 Å². The van der Waals surface area contributed by atoms with Crippen LogP contribution in [0.25, 0.3) is 0 Å². The molecule has 1 aliphatic rings. The molecule has 0 heterocycles. The highest BCUT2D eigenvalue weighted by atomic mass is 19.1. The first-order valence-electron chi connectivity index (χ1n) is 8.27. The maximum atomic E-state index is 13.1. The van der Waals surface area contributed by atoms with Crippen LogP contribution < -0.4 is 5.32 Å². The number of carbonyl (C=O) groups excluding carboxylic acids is 1. The monoisotopic (exact) mass is 326 g/mol. The summed E-state index contributed by atoms with van der Waals surface area (Å²) >= 11 is 0. The summed E-state index contributed by atoms with van der Waals surface area (Å²) in [6.07, 6.45) is 1.65. The van der Waals surface area contributed by atoms with E-state index in [4.69, 9.17) is 0 Å². The van der Waals surface area contributed by atoms with Crippen LogP contribution in [0.15, 0.2) is 48.5 Å². The Morgan fingerprint density at radius 1 is 1.08 bits per heavy atom. The molecule has 24 heavy (non-hydrogen) atoms. The van der Waals surface area contributed by atoms with E-state index < -0.39 is 5.41 Å². The molecule has 126 valence electrons. The molecule has 0 aliphatic heterocycles. The van der Waals surface area contributed by atoms with Gasteiger partial charge in [-0.1, -0.05) is 36.4 Å². The van der Waals surface area contributed by atoms with Gasteiger partial charge in [-0.15, -0.1) is 0 Å². The molecule has 0 aromatic heterocycles. The van der Waals surface area contributed by atoms with Gasteiger partial charge in [0.05, 0.1) is 5.41 Å². The fourth-order valence-corrected chi connectivity index (χ4v) is 3.11. The van der Waals surface area contributed by atoms with E-state index in [9.17, 15) is 9.18 Å². The van der Waals surface area contributed by atoms with Gasteiger partial charge in [-0.2, -0.15) is 0 Å². The largest absolute Gasteiger partial charge is 0.351 e. The van der Waals surface area contributed by atoms with E-state index in [1.165, 1.54) is 17.7 Å². The second-order valence-corrected chi connectivity index (χ2v) is 6.78. The highest BCUT2D eigenvalue weighted by molar-refractivity contribution is 5.91. The second kappa shape index (κ2) is 6.73. The lowest BCUT2D eigenvalue weighted by Gasteiger charge is -2.18.